The van der Waals surface area contributed by atoms with Gasteiger partial charge in [0.1, 0.15) is 0 Å². The molecule has 0 radical (unpaired) electrons. The van der Waals surface area contributed by atoms with E-state index >= 15 is 0 Å². The van der Waals surface area contributed by atoms with Crippen LogP contribution in [0.15, 0.2) is 0 Å². The van der Waals surface area contributed by atoms with Crippen LogP contribution in [0.4, 0.5) is 0 Å². The van der Waals surface area contributed by atoms with E-state index in [4.69, 9.17) is 10.8 Å². The van der Waals surface area contributed by atoms with Gasteiger partial charge in [0.15, 0.2) is 0 Å². The summed E-state index contributed by atoms with van der Waals surface area (Å²) in [6, 6.07) is 0.560. The van der Waals surface area contributed by atoms with Gasteiger partial charge in [-0.05, 0) is 39.8 Å². The van der Waals surface area contributed by atoms with Crippen molar-refractivity contribution < 1.29 is 5.11 Å². The summed E-state index contributed by atoms with van der Waals surface area (Å²) < 4.78 is 0. The summed E-state index contributed by atoms with van der Waals surface area (Å²) in [5.74, 6) is 0.651. The Kier molecular flexibility index (Phi) is 5.64. The molecule has 3 heteroatoms. The monoisotopic (exact) mass is 202 g/mol. The van der Waals surface area contributed by atoms with Gasteiger partial charge in [-0.15, -0.1) is 0 Å². The molecule has 0 aliphatic rings. The maximum atomic E-state index is 9.01. The van der Waals surface area contributed by atoms with E-state index in [1.807, 2.05) is 6.92 Å². The van der Waals surface area contributed by atoms with Gasteiger partial charge < -0.3 is 15.7 Å². The van der Waals surface area contributed by atoms with Crippen molar-refractivity contribution in [3.8, 4) is 0 Å². The summed E-state index contributed by atoms with van der Waals surface area (Å²) in [6.07, 6.45) is 0.830. The van der Waals surface area contributed by atoms with Crippen LogP contribution in [0.2, 0.25) is 0 Å². The summed E-state index contributed by atoms with van der Waals surface area (Å²) in [7, 11) is 2.11. The highest BCUT2D eigenvalue weighted by Crippen LogP contribution is 2.11. The van der Waals surface area contributed by atoms with Crippen molar-refractivity contribution in [2.24, 2.45) is 11.7 Å². The summed E-state index contributed by atoms with van der Waals surface area (Å²) in [4.78, 5) is 2.30. The molecule has 86 valence electrons. The van der Waals surface area contributed by atoms with Gasteiger partial charge in [-0.25, -0.2) is 0 Å². The van der Waals surface area contributed by atoms with Crippen molar-refractivity contribution in [2.75, 3.05) is 20.2 Å². The normalized spacial score (nSPS) is 18.6. The largest absolute Gasteiger partial charge is 0.394 e. The van der Waals surface area contributed by atoms with E-state index in [0.29, 0.717) is 12.0 Å². The second-order valence-corrected chi connectivity index (χ2v) is 5.03. The van der Waals surface area contributed by atoms with Crippen LogP contribution in [0.25, 0.3) is 0 Å². The van der Waals surface area contributed by atoms with Gasteiger partial charge in [-0.1, -0.05) is 13.8 Å². The molecule has 3 nitrogen and oxygen atoms in total. The molecule has 0 aromatic carbocycles. The zero-order chi connectivity index (χ0) is 11.4. The minimum Gasteiger partial charge on any atom is -0.394 e. The van der Waals surface area contributed by atoms with Crippen LogP contribution in [-0.4, -0.2) is 41.8 Å². The van der Waals surface area contributed by atoms with Crippen LogP contribution >= 0.6 is 0 Å². The van der Waals surface area contributed by atoms with E-state index in [-0.39, 0.29) is 6.61 Å². The van der Waals surface area contributed by atoms with Crippen molar-refractivity contribution in [1.82, 2.24) is 4.90 Å². The molecule has 0 amide bonds. The number of aliphatic hydroxyl groups excluding tert-OH is 1. The van der Waals surface area contributed by atoms with Gasteiger partial charge in [-0.2, -0.15) is 0 Å². The van der Waals surface area contributed by atoms with Crippen molar-refractivity contribution in [1.29, 1.82) is 0 Å². The molecule has 2 unspecified atom stereocenters. The van der Waals surface area contributed by atoms with Crippen molar-refractivity contribution in [3.05, 3.63) is 0 Å². The molecular formula is C11H26N2O. The van der Waals surface area contributed by atoms with Crippen LogP contribution in [0.3, 0.4) is 0 Å². The van der Waals surface area contributed by atoms with Gasteiger partial charge in [0.25, 0.3) is 0 Å². The summed E-state index contributed by atoms with van der Waals surface area (Å²) in [5, 5.41) is 9.01. The first kappa shape index (κ1) is 13.9. The van der Waals surface area contributed by atoms with Gasteiger partial charge in [0, 0.05) is 11.6 Å². The zero-order valence-electron chi connectivity index (χ0n) is 10.2. The minimum absolute atomic E-state index is 0.0525. The Morgan fingerprint density at radius 3 is 2.21 bits per heavy atom. The van der Waals surface area contributed by atoms with Gasteiger partial charge in [0.2, 0.25) is 0 Å². The number of nitrogens with zero attached hydrogens (tertiary/aromatic N) is 1. The molecule has 0 saturated heterocycles. The van der Waals surface area contributed by atoms with Gasteiger partial charge in [-0.3, -0.25) is 0 Å². The Morgan fingerprint density at radius 1 is 1.36 bits per heavy atom. The molecule has 0 aliphatic heterocycles. The fraction of sp³-hybridized carbons (Fsp3) is 1.00. The average Bonchev–Trinajstić information content (AvgIpc) is 2.13. The maximum Gasteiger partial charge on any atom is 0.0608 e. The molecule has 0 aliphatic carbocycles. The van der Waals surface area contributed by atoms with E-state index in [1.54, 1.807) is 0 Å². The van der Waals surface area contributed by atoms with Crippen molar-refractivity contribution >= 4 is 0 Å². The molecule has 14 heavy (non-hydrogen) atoms. The lowest BCUT2D eigenvalue weighted by atomic mass is 9.99. The van der Waals surface area contributed by atoms with E-state index in [1.165, 1.54) is 0 Å². The minimum atomic E-state index is -0.440. The second-order valence-electron chi connectivity index (χ2n) is 5.03. The summed E-state index contributed by atoms with van der Waals surface area (Å²) in [6.45, 7) is 9.53. The molecule has 0 spiro atoms. The predicted octanol–water partition coefficient (Wildman–Crippen LogP) is 1.06. The number of rotatable bonds is 6. The lowest BCUT2D eigenvalue weighted by Gasteiger charge is -2.31. The first-order valence-corrected chi connectivity index (χ1v) is 5.40. The number of hydrogen-bond donors (Lipinski definition) is 2. The second kappa shape index (κ2) is 5.69. The maximum absolute atomic E-state index is 9.01. The van der Waals surface area contributed by atoms with Crippen LogP contribution in [0.5, 0.6) is 0 Å². The fourth-order valence-corrected chi connectivity index (χ4v) is 1.22. The lowest BCUT2D eigenvalue weighted by Crippen LogP contribution is -2.44. The Bertz CT molecular complexity index is 157. The summed E-state index contributed by atoms with van der Waals surface area (Å²) >= 11 is 0. The smallest absolute Gasteiger partial charge is 0.0608 e. The molecular weight excluding hydrogens is 176 g/mol. The lowest BCUT2D eigenvalue weighted by molar-refractivity contribution is 0.156. The highest BCUT2D eigenvalue weighted by Gasteiger charge is 2.20. The Morgan fingerprint density at radius 2 is 1.86 bits per heavy atom. The van der Waals surface area contributed by atoms with Crippen LogP contribution < -0.4 is 5.73 Å². The fourth-order valence-electron chi connectivity index (χ4n) is 1.22. The Balaban J connectivity index is 3.90. The molecule has 2 atom stereocenters. The van der Waals surface area contributed by atoms with Crippen LogP contribution in [0.1, 0.15) is 34.1 Å². The quantitative estimate of drug-likeness (QED) is 0.677. The third kappa shape index (κ3) is 4.94. The number of nitrogens with two attached hydrogens (primary N) is 1. The standard InChI is InChI=1S/C11H26N2O/c1-9(2)10(3)13(5)7-6-11(4,12)8-14/h9-10,14H,6-8,12H2,1-5H3. The topological polar surface area (TPSA) is 49.5 Å². The average molecular weight is 202 g/mol. The first-order chi connectivity index (χ1) is 6.30. The van der Waals surface area contributed by atoms with Crippen LogP contribution in [-0.2, 0) is 0 Å². The highest BCUT2D eigenvalue weighted by atomic mass is 16.3. The third-order valence-corrected chi connectivity index (χ3v) is 3.06. The van der Waals surface area contributed by atoms with E-state index in [2.05, 4.69) is 32.7 Å². The molecule has 0 aromatic rings. The van der Waals surface area contributed by atoms with E-state index < -0.39 is 5.54 Å². The Hall–Kier alpha value is -0.120. The van der Waals surface area contributed by atoms with Gasteiger partial charge in [0.05, 0.1) is 6.61 Å². The highest BCUT2D eigenvalue weighted by molar-refractivity contribution is 4.79. The van der Waals surface area contributed by atoms with Crippen molar-refractivity contribution in [3.63, 3.8) is 0 Å². The van der Waals surface area contributed by atoms with E-state index in [0.717, 1.165) is 13.0 Å². The van der Waals surface area contributed by atoms with Gasteiger partial charge >= 0.3 is 0 Å². The molecule has 0 rings (SSSR count). The van der Waals surface area contributed by atoms with Crippen molar-refractivity contribution in [2.45, 2.75) is 45.7 Å². The molecule has 3 N–H and O–H groups in total. The molecule has 0 saturated carbocycles. The first-order valence-electron chi connectivity index (χ1n) is 5.40. The van der Waals surface area contributed by atoms with E-state index in [9.17, 15) is 0 Å². The third-order valence-electron chi connectivity index (χ3n) is 3.06. The SMILES string of the molecule is CC(C)C(C)N(C)CCC(C)(N)CO. The van der Waals surface area contributed by atoms with Crippen LogP contribution in [0, 0.1) is 5.92 Å². The number of hydrogen-bond acceptors (Lipinski definition) is 3. The molecule has 0 fully saturated rings. The number of aliphatic hydroxyl groups is 1. The molecule has 0 heterocycles. The molecule has 0 aromatic heterocycles. The molecule has 0 bridgehead atoms. The Labute approximate surface area is 88.3 Å². The predicted molar refractivity (Wildman–Crippen MR) is 61.2 cm³/mol. The zero-order valence-corrected chi connectivity index (χ0v) is 10.2. The summed E-state index contributed by atoms with van der Waals surface area (Å²) in [5.41, 5.74) is 5.42.